The fraction of sp³-hybridized carbons (Fsp3) is 0.375. The van der Waals surface area contributed by atoms with Gasteiger partial charge in [-0.3, -0.25) is 14.8 Å². The molecule has 2 aromatic rings. The predicted molar refractivity (Wildman–Crippen MR) is 84.7 cm³/mol. The fourth-order valence-corrected chi connectivity index (χ4v) is 4.19. The lowest BCUT2D eigenvalue weighted by Gasteiger charge is -2.27. The lowest BCUT2D eigenvalue weighted by atomic mass is 10.1. The molecule has 2 N–H and O–H groups in total. The van der Waals surface area contributed by atoms with Crippen molar-refractivity contribution in [1.82, 2.24) is 14.9 Å². The highest BCUT2D eigenvalue weighted by Gasteiger charge is 2.30. The van der Waals surface area contributed by atoms with Crippen molar-refractivity contribution in [1.29, 1.82) is 0 Å². The number of thiophene rings is 1. The molecule has 1 aliphatic carbocycles. The Hall–Kier alpha value is -2.12. The van der Waals surface area contributed by atoms with Gasteiger partial charge in [0.05, 0.1) is 11.4 Å². The fourth-order valence-electron chi connectivity index (χ4n) is 3.07. The molecule has 1 saturated carbocycles. The zero-order valence-electron chi connectivity index (χ0n) is 12.5. The molecule has 2 aliphatic rings. The van der Waals surface area contributed by atoms with E-state index in [1.54, 1.807) is 11.5 Å². The quantitative estimate of drug-likeness (QED) is 0.669. The number of rotatable bonds is 3. The number of hydroxylamine groups is 1. The number of carbonyl (C=O) groups excluding carboxylic acids is 2. The van der Waals surface area contributed by atoms with Crippen molar-refractivity contribution in [2.24, 2.45) is 0 Å². The number of aromatic nitrogens is 1. The minimum Gasteiger partial charge on any atom is -0.340 e. The van der Waals surface area contributed by atoms with Crippen LogP contribution in [0.1, 0.15) is 49.5 Å². The standard InChI is InChI=1S/C16H17N3O3S/c20-15(17-22)13-8-10-5-7-18(9-14(10)23-13)16(21)12-2-1-6-19(12)11-3-4-11/h1-2,6,8,11,22H,3-5,7,9H2,(H,17,20). The van der Waals surface area contributed by atoms with Crippen molar-refractivity contribution in [3.05, 3.63) is 45.4 Å². The second-order valence-corrected chi connectivity index (χ2v) is 7.15. The maximum Gasteiger partial charge on any atom is 0.284 e. The third kappa shape index (κ3) is 2.55. The first-order valence-corrected chi connectivity index (χ1v) is 8.51. The van der Waals surface area contributed by atoms with Gasteiger partial charge in [0.2, 0.25) is 0 Å². The highest BCUT2D eigenvalue weighted by Crippen LogP contribution is 2.36. The Morgan fingerprint density at radius 2 is 2.17 bits per heavy atom. The SMILES string of the molecule is O=C(NO)c1cc2c(s1)CN(C(=O)c1cccn1C1CC1)CC2. The predicted octanol–water partition coefficient (Wildman–Crippen LogP) is 2.20. The lowest BCUT2D eigenvalue weighted by molar-refractivity contribution is 0.0708. The zero-order valence-corrected chi connectivity index (χ0v) is 13.3. The van der Waals surface area contributed by atoms with E-state index in [0.717, 1.165) is 35.4 Å². The van der Waals surface area contributed by atoms with Gasteiger partial charge in [-0.1, -0.05) is 0 Å². The van der Waals surface area contributed by atoms with Gasteiger partial charge < -0.3 is 9.47 Å². The molecular weight excluding hydrogens is 314 g/mol. The van der Waals surface area contributed by atoms with Crippen LogP contribution in [0.2, 0.25) is 0 Å². The third-order valence-corrected chi connectivity index (χ3v) is 5.59. The van der Waals surface area contributed by atoms with Crippen LogP contribution in [0.4, 0.5) is 0 Å². The molecule has 7 heteroatoms. The topological polar surface area (TPSA) is 74.6 Å². The number of carbonyl (C=O) groups is 2. The summed E-state index contributed by atoms with van der Waals surface area (Å²) < 4.78 is 2.08. The number of amides is 2. The molecule has 2 amide bonds. The minimum absolute atomic E-state index is 0.0501. The molecule has 0 saturated heterocycles. The molecular formula is C16H17N3O3S. The first-order valence-electron chi connectivity index (χ1n) is 7.69. The van der Waals surface area contributed by atoms with Crippen LogP contribution in [-0.2, 0) is 13.0 Å². The van der Waals surface area contributed by atoms with Crippen molar-refractivity contribution in [2.75, 3.05) is 6.54 Å². The number of nitrogens with one attached hydrogen (secondary N) is 1. The van der Waals surface area contributed by atoms with Crippen LogP contribution >= 0.6 is 11.3 Å². The van der Waals surface area contributed by atoms with Gasteiger partial charge in [-0.25, -0.2) is 5.48 Å². The Bertz CT molecular complexity index is 775. The molecule has 1 aliphatic heterocycles. The number of hydrogen-bond donors (Lipinski definition) is 2. The van der Waals surface area contributed by atoms with Crippen LogP contribution in [0.15, 0.2) is 24.4 Å². The molecule has 0 spiro atoms. The van der Waals surface area contributed by atoms with E-state index in [2.05, 4.69) is 4.57 Å². The summed E-state index contributed by atoms with van der Waals surface area (Å²) in [6.07, 6.45) is 5.00. The van der Waals surface area contributed by atoms with E-state index in [1.165, 1.54) is 11.3 Å². The molecule has 0 atom stereocenters. The van der Waals surface area contributed by atoms with Crippen molar-refractivity contribution in [3.63, 3.8) is 0 Å². The summed E-state index contributed by atoms with van der Waals surface area (Å²) in [7, 11) is 0. The van der Waals surface area contributed by atoms with Crippen molar-refractivity contribution < 1.29 is 14.8 Å². The van der Waals surface area contributed by atoms with Gasteiger partial charge in [-0.05, 0) is 43.0 Å². The Labute approximate surface area is 137 Å². The van der Waals surface area contributed by atoms with Gasteiger partial charge in [-0.2, -0.15) is 0 Å². The van der Waals surface area contributed by atoms with E-state index in [9.17, 15) is 9.59 Å². The number of nitrogens with zero attached hydrogens (tertiary/aromatic N) is 2. The maximum absolute atomic E-state index is 12.8. The smallest absolute Gasteiger partial charge is 0.284 e. The molecule has 23 heavy (non-hydrogen) atoms. The largest absolute Gasteiger partial charge is 0.340 e. The molecule has 4 rings (SSSR count). The molecule has 0 unspecified atom stereocenters. The number of hydrogen-bond acceptors (Lipinski definition) is 4. The molecule has 0 aromatic carbocycles. The van der Waals surface area contributed by atoms with Crippen LogP contribution in [-0.4, -0.2) is 33.0 Å². The summed E-state index contributed by atoms with van der Waals surface area (Å²) in [6.45, 7) is 1.17. The zero-order chi connectivity index (χ0) is 16.0. The summed E-state index contributed by atoms with van der Waals surface area (Å²) in [5.41, 5.74) is 3.50. The molecule has 0 bridgehead atoms. The van der Waals surface area contributed by atoms with Crippen molar-refractivity contribution >= 4 is 23.2 Å². The van der Waals surface area contributed by atoms with E-state index >= 15 is 0 Å². The van der Waals surface area contributed by atoms with E-state index < -0.39 is 5.91 Å². The highest BCUT2D eigenvalue weighted by molar-refractivity contribution is 7.14. The summed E-state index contributed by atoms with van der Waals surface area (Å²) in [6, 6.07) is 6.09. The third-order valence-electron chi connectivity index (χ3n) is 4.43. The first-order chi connectivity index (χ1) is 11.2. The Kier molecular flexibility index (Phi) is 3.46. The maximum atomic E-state index is 12.8. The van der Waals surface area contributed by atoms with Crippen molar-refractivity contribution in [3.8, 4) is 0 Å². The average Bonchev–Trinajstić information content (AvgIpc) is 3.14. The van der Waals surface area contributed by atoms with Crippen LogP contribution in [0.25, 0.3) is 0 Å². The Morgan fingerprint density at radius 3 is 2.91 bits per heavy atom. The second-order valence-electron chi connectivity index (χ2n) is 6.01. The van der Waals surface area contributed by atoms with Gasteiger partial charge in [-0.15, -0.1) is 11.3 Å². The average molecular weight is 331 g/mol. The monoisotopic (exact) mass is 331 g/mol. The van der Waals surface area contributed by atoms with Crippen LogP contribution in [0.5, 0.6) is 0 Å². The van der Waals surface area contributed by atoms with Crippen molar-refractivity contribution in [2.45, 2.75) is 31.8 Å². The lowest BCUT2D eigenvalue weighted by Crippen LogP contribution is -2.36. The molecule has 3 heterocycles. The van der Waals surface area contributed by atoms with Gasteiger partial charge in [0.15, 0.2) is 0 Å². The summed E-state index contributed by atoms with van der Waals surface area (Å²) >= 11 is 1.34. The molecule has 1 fully saturated rings. The molecule has 6 nitrogen and oxygen atoms in total. The number of fused-ring (bicyclic) bond motifs is 1. The van der Waals surface area contributed by atoms with E-state index in [4.69, 9.17) is 5.21 Å². The van der Waals surface area contributed by atoms with Crippen LogP contribution in [0, 0.1) is 0 Å². The van der Waals surface area contributed by atoms with E-state index in [1.807, 2.05) is 23.2 Å². The van der Waals surface area contributed by atoms with Gasteiger partial charge in [0.25, 0.3) is 11.8 Å². The van der Waals surface area contributed by atoms with Crippen LogP contribution < -0.4 is 5.48 Å². The van der Waals surface area contributed by atoms with E-state index in [0.29, 0.717) is 24.0 Å². The Balaban J connectivity index is 1.55. The van der Waals surface area contributed by atoms with Crippen LogP contribution in [0.3, 0.4) is 0 Å². The van der Waals surface area contributed by atoms with Gasteiger partial charge >= 0.3 is 0 Å². The van der Waals surface area contributed by atoms with E-state index in [-0.39, 0.29) is 5.91 Å². The Morgan fingerprint density at radius 1 is 1.35 bits per heavy atom. The summed E-state index contributed by atoms with van der Waals surface area (Å²) in [5.74, 6) is -0.445. The summed E-state index contributed by atoms with van der Waals surface area (Å²) in [4.78, 5) is 27.7. The van der Waals surface area contributed by atoms with Gasteiger partial charge in [0.1, 0.15) is 5.69 Å². The molecule has 2 aromatic heterocycles. The van der Waals surface area contributed by atoms with Gasteiger partial charge in [0, 0.05) is 23.7 Å². The normalized spacial score (nSPS) is 17.0. The highest BCUT2D eigenvalue weighted by atomic mass is 32.1. The second kappa shape index (κ2) is 5.50. The summed E-state index contributed by atoms with van der Waals surface area (Å²) in [5, 5.41) is 8.74. The minimum atomic E-state index is -0.495. The molecule has 120 valence electrons. The first kappa shape index (κ1) is 14.5. The molecule has 0 radical (unpaired) electrons.